The average Bonchev–Trinajstić information content (AvgIpc) is 3.23. The second-order valence-electron chi connectivity index (χ2n) is 7.55. The van der Waals surface area contributed by atoms with Crippen LogP contribution in [0.2, 0.25) is 0 Å². The fourth-order valence-electron chi connectivity index (χ4n) is 3.89. The number of likely N-dealkylation sites (tertiary alicyclic amines) is 1. The molecule has 0 radical (unpaired) electrons. The number of carbonyl (C=O) groups excluding carboxylic acids is 2. The predicted molar refractivity (Wildman–Crippen MR) is 111 cm³/mol. The van der Waals surface area contributed by atoms with Crippen molar-refractivity contribution in [3.05, 3.63) is 58.6 Å². The summed E-state index contributed by atoms with van der Waals surface area (Å²) < 4.78 is 6.28. The van der Waals surface area contributed by atoms with Crippen LogP contribution in [0, 0.1) is 11.3 Å². The van der Waals surface area contributed by atoms with Gasteiger partial charge < -0.3 is 20.7 Å². The SMILES string of the molecule is Nc1ccc(Br)cc1NC(=O)[C@H]1CC12CCN(C(=O)OCc1ccccc1)C2. The van der Waals surface area contributed by atoms with Crippen molar-refractivity contribution in [2.45, 2.75) is 19.4 Å². The maximum absolute atomic E-state index is 12.7. The van der Waals surface area contributed by atoms with Crippen molar-refractivity contribution in [1.29, 1.82) is 0 Å². The van der Waals surface area contributed by atoms with Crippen LogP contribution in [-0.2, 0) is 16.1 Å². The second-order valence-corrected chi connectivity index (χ2v) is 8.47. The number of ether oxygens (including phenoxy) is 1. The van der Waals surface area contributed by atoms with Gasteiger partial charge in [0.2, 0.25) is 5.91 Å². The molecule has 1 unspecified atom stereocenters. The number of amides is 2. The van der Waals surface area contributed by atoms with Crippen LogP contribution >= 0.6 is 15.9 Å². The van der Waals surface area contributed by atoms with Gasteiger partial charge in [-0.3, -0.25) is 4.79 Å². The molecule has 1 saturated carbocycles. The van der Waals surface area contributed by atoms with Crippen molar-refractivity contribution >= 4 is 39.3 Å². The van der Waals surface area contributed by atoms with Crippen LogP contribution in [0.1, 0.15) is 18.4 Å². The van der Waals surface area contributed by atoms with E-state index in [2.05, 4.69) is 21.2 Å². The first-order valence-electron chi connectivity index (χ1n) is 9.28. The molecule has 0 aromatic heterocycles. The standard InChI is InChI=1S/C21H22BrN3O3/c22-15-6-7-17(23)18(10-15)24-19(26)16-11-21(16)8-9-25(13-21)20(27)28-12-14-4-2-1-3-5-14/h1-7,10,16H,8-9,11-13,23H2,(H,24,26)/t16-,21?/m1/s1. The Labute approximate surface area is 172 Å². The molecule has 146 valence electrons. The van der Waals surface area contributed by atoms with Crippen molar-refractivity contribution in [3.8, 4) is 0 Å². The summed E-state index contributed by atoms with van der Waals surface area (Å²) in [7, 11) is 0. The lowest BCUT2D eigenvalue weighted by molar-refractivity contribution is -0.118. The first kappa shape index (κ1) is 18.8. The molecule has 6 nitrogen and oxygen atoms in total. The number of halogens is 1. The first-order chi connectivity index (χ1) is 13.5. The van der Waals surface area contributed by atoms with Crippen LogP contribution in [0.15, 0.2) is 53.0 Å². The van der Waals surface area contributed by atoms with E-state index < -0.39 is 0 Å². The summed E-state index contributed by atoms with van der Waals surface area (Å²) in [6.07, 6.45) is 1.29. The van der Waals surface area contributed by atoms with Crippen LogP contribution in [0.3, 0.4) is 0 Å². The van der Waals surface area contributed by atoms with Crippen molar-refractivity contribution in [3.63, 3.8) is 0 Å². The van der Waals surface area contributed by atoms with Crippen molar-refractivity contribution < 1.29 is 14.3 Å². The monoisotopic (exact) mass is 443 g/mol. The topological polar surface area (TPSA) is 84.7 Å². The zero-order valence-corrected chi connectivity index (χ0v) is 16.9. The lowest BCUT2D eigenvalue weighted by atomic mass is 10.0. The lowest BCUT2D eigenvalue weighted by Crippen LogP contribution is -2.30. The molecule has 2 fully saturated rings. The highest BCUT2D eigenvalue weighted by molar-refractivity contribution is 9.10. The molecule has 1 heterocycles. The number of rotatable bonds is 4. The molecule has 2 atom stereocenters. The number of nitrogens with two attached hydrogens (primary N) is 1. The number of hydrogen-bond donors (Lipinski definition) is 2. The van der Waals surface area contributed by atoms with E-state index in [9.17, 15) is 9.59 Å². The second kappa shape index (κ2) is 7.47. The van der Waals surface area contributed by atoms with E-state index in [-0.39, 0.29) is 29.9 Å². The molecule has 1 spiro atoms. The normalized spacial score (nSPS) is 22.9. The van der Waals surface area contributed by atoms with Gasteiger partial charge in [0.1, 0.15) is 6.61 Å². The Bertz CT molecular complexity index is 905. The zero-order chi connectivity index (χ0) is 19.7. The summed E-state index contributed by atoms with van der Waals surface area (Å²) in [6.45, 7) is 1.44. The summed E-state index contributed by atoms with van der Waals surface area (Å²) >= 11 is 3.39. The molecule has 2 aromatic rings. The quantitative estimate of drug-likeness (QED) is 0.698. The number of nitrogens with zero attached hydrogens (tertiary/aromatic N) is 1. The Hall–Kier alpha value is -2.54. The highest BCUT2D eigenvalue weighted by Crippen LogP contribution is 2.59. The van der Waals surface area contributed by atoms with Gasteiger partial charge in [0.05, 0.1) is 11.4 Å². The molecule has 2 aromatic carbocycles. The van der Waals surface area contributed by atoms with Gasteiger partial charge in [-0.15, -0.1) is 0 Å². The maximum Gasteiger partial charge on any atom is 0.410 e. The fourth-order valence-corrected chi connectivity index (χ4v) is 4.25. The molecule has 4 rings (SSSR count). The highest BCUT2D eigenvalue weighted by Gasteiger charge is 2.61. The van der Waals surface area contributed by atoms with Gasteiger partial charge in [-0.2, -0.15) is 0 Å². The fraction of sp³-hybridized carbons (Fsp3) is 0.333. The summed E-state index contributed by atoms with van der Waals surface area (Å²) in [6, 6.07) is 15.0. The van der Waals surface area contributed by atoms with Gasteiger partial charge in [-0.25, -0.2) is 4.79 Å². The molecular weight excluding hydrogens is 422 g/mol. The van der Waals surface area contributed by atoms with Gasteiger partial charge in [-0.05, 0) is 36.6 Å². The molecule has 3 N–H and O–H groups in total. The first-order valence-corrected chi connectivity index (χ1v) is 10.1. The van der Waals surface area contributed by atoms with Gasteiger partial charge in [-0.1, -0.05) is 46.3 Å². The van der Waals surface area contributed by atoms with Crippen LogP contribution in [-0.4, -0.2) is 30.0 Å². The van der Waals surface area contributed by atoms with Crippen molar-refractivity contribution in [1.82, 2.24) is 4.90 Å². The van der Waals surface area contributed by atoms with E-state index >= 15 is 0 Å². The number of nitrogens with one attached hydrogen (secondary N) is 1. The van der Waals surface area contributed by atoms with Crippen LogP contribution < -0.4 is 11.1 Å². The minimum atomic E-state index is -0.317. The van der Waals surface area contributed by atoms with Crippen molar-refractivity contribution in [2.24, 2.45) is 11.3 Å². The minimum absolute atomic E-state index is 0.0377. The molecule has 2 amide bonds. The van der Waals surface area contributed by atoms with Gasteiger partial charge >= 0.3 is 6.09 Å². The number of anilines is 2. The van der Waals surface area contributed by atoms with Gasteiger partial charge in [0, 0.05) is 28.9 Å². The number of nitrogen functional groups attached to an aromatic ring is 1. The summed E-state index contributed by atoms with van der Waals surface area (Å²) in [5, 5.41) is 2.93. The smallest absolute Gasteiger partial charge is 0.410 e. The Morgan fingerprint density at radius 1 is 1.25 bits per heavy atom. The van der Waals surface area contributed by atoms with Crippen LogP contribution in [0.4, 0.5) is 16.2 Å². The molecule has 1 aliphatic carbocycles. The Morgan fingerprint density at radius 2 is 2.04 bits per heavy atom. The zero-order valence-electron chi connectivity index (χ0n) is 15.4. The molecule has 1 aliphatic heterocycles. The van der Waals surface area contributed by atoms with Gasteiger partial charge in [0.15, 0.2) is 0 Å². The molecule has 2 aliphatic rings. The highest BCUT2D eigenvalue weighted by atomic mass is 79.9. The molecular formula is C21H22BrN3O3. The Kier molecular flexibility index (Phi) is 5.02. The number of carbonyl (C=O) groups is 2. The van der Waals surface area contributed by atoms with Gasteiger partial charge in [0.25, 0.3) is 0 Å². The third-order valence-electron chi connectivity index (χ3n) is 5.63. The molecule has 0 bridgehead atoms. The van der Waals surface area contributed by atoms with E-state index in [0.717, 1.165) is 22.9 Å². The van der Waals surface area contributed by atoms with Crippen LogP contribution in [0.25, 0.3) is 0 Å². The van der Waals surface area contributed by atoms with E-state index in [1.165, 1.54) is 0 Å². The van der Waals surface area contributed by atoms with Crippen LogP contribution in [0.5, 0.6) is 0 Å². The predicted octanol–water partition coefficient (Wildman–Crippen LogP) is 4.02. The summed E-state index contributed by atoms with van der Waals surface area (Å²) in [5.74, 6) is -0.137. The molecule has 1 saturated heterocycles. The largest absolute Gasteiger partial charge is 0.445 e. The van der Waals surface area contributed by atoms with E-state index in [1.807, 2.05) is 36.4 Å². The molecule has 7 heteroatoms. The lowest BCUT2D eigenvalue weighted by Gasteiger charge is -2.16. The summed E-state index contributed by atoms with van der Waals surface area (Å²) in [5.41, 5.74) is 7.91. The summed E-state index contributed by atoms with van der Waals surface area (Å²) in [4.78, 5) is 26.7. The number of benzene rings is 2. The third-order valence-corrected chi connectivity index (χ3v) is 6.12. The van der Waals surface area contributed by atoms with E-state index in [1.54, 1.807) is 17.0 Å². The maximum atomic E-state index is 12.7. The van der Waals surface area contributed by atoms with E-state index in [0.29, 0.717) is 24.5 Å². The minimum Gasteiger partial charge on any atom is -0.445 e. The van der Waals surface area contributed by atoms with E-state index in [4.69, 9.17) is 10.5 Å². The molecule has 28 heavy (non-hydrogen) atoms. The Balaban J connectivity index is 1.31. The third kappa shape index (κ3) is 3.85. The average molecular weight is 444 g/mol. The number of hydrogen-bond acceptors (Lipinski definition) is 4. The Morgan fingerprint density at radius 3 is 2.82 bits per heavy atom. The van der Waals surface area contributed by atoms with Crippen molar-refractivity contribution in [2.75, 3.05) is 24.1 Å².